The lowest BCUT2D eigenvalue weighted by atomic mass is 10.1. The molecule has 0 bridgehead atoms. The first kappa shape index (κ1) is 23.3. The van der Waals surface area contributed by atoms with Crippen LogP contribution in [0.25, 0.3) is 5.69 Å². The molecule has 0 aliphatic heterocycles. The second-order valence-corrected chi connectivity index (χ2v) is 8.66. The van der Waals surface area contributed by atoms with E-state index in [2.05, 4.69) is 10.1 Å². The molecule has 162 valence electrons. The molecule has 3 rings (SSSR count). The number of carbonyl (C=O) groups excluding carboxylic acids is 2. The van der Waals surface area contributed by atoms with E-state index in [1.807, 2.05) is 19.1 Å². The molecule has 0 aliphatic rings. The van der Waals surface area contributed by atoms with Crippen molar-refractivity contribution >= 4 is 52.3 Å². The predicted molar refractivity (Wildman–Crippen MR) is 127 cm³/mol. The van der Waals surface area contributed by atoms with Crippen LogP contribution in [0.5, 0.6) is 0 Å². The summed E-state index contributed by atoms with van der Waals surface area (Å²) in [5.41, 5.74) is 1.99. The van der Waals surface area contributed by atoms with Crippen LogP contribution in [-0.2, 0) is 4.79 Å². The van der Waals surface area contributed by atoms with Crippen molar-refractivity contribution in [3.8, 4) is 5.69 Å². The Labute approximate surface area is 195 Å². The number of carbonyl (C=O) groups is 2. The highest BCUT2D eigenvalue weighted by Crippen LogP contribution is 2.26. The molecule has 0 N–H and O–H groups in total. The summed E-state index contributed by atoms with van der Waals surface area (Å²) in [7, 11) is 0. The number of hydrogen-bond donors (Lipinski definition) is 0. The zero-order chi connectivity index (χ0) is 22.2. The Kier molecular flexibility index (Phi) is 8.51. The van der Waals surface area contributed by atoms with Gasteiger partial charge in [0, 0.05) is 47.7 Å². The average Bonchev–Trinajstić information content (AvgIpc) is 3.16. The maximum atomic E-state index is 12.7. The van der Waals surface area contributed by atoms with Crippen molar-refractivity contribution in [3.05, 3.63) is 70.7 Å². The van der Waals surface area contributed by atoms with Crippen LogP contribution in [0.4, 0.5) is 5.69 Å². The van der Waals surface area contributed by atoms with Crippen molar-refractivity contribution in [1.29, 1.82) is 0 Å². The molecule has 0 aliphatic carbocycles. The van der Waals surface area contributed by atoms with Crippen LogP contribution < -0.4 is 4.90 Å². The van der Waals surface area contributed by atoms with Crippen LogP contribution in [0.15, 0.2) is 55.0 Å². The van der Waals surface area contributed by atoms with Gasteiger partial charge in [0.15, 0.2) is 10.9 Å². The predicted octanol–water partition coefficient (Wildman–Crippen LogP) is 5.32. The maximum Gasteiger partial charge on any atom is 0.227 e. The van der Waals surface area contributed by atoms with Gasteiger partial charge in [0.05, 0.1) is 18.1 Å². The summed E-state index contributed by atoms with van der Waals surface area (Å²) in [6, 6.07) is 10.5. The fourth-order valence-corrected chi connectivity index (χ4v) is 4.18. The normalized spacial score (nSPS) is 10.8. The van der Waals surface area contributed by atoms with Gasteiger partial charge in [-0.2, -0.15) is 16.9 Å². The number of ketones is 1. The molecule has 0 spiro atoms. The monoisotopic (exact) mass is 476 g/mol. The molecular formula is C22H22Cl2N4O2S. The number of rotatable bonds is 10. The Morgan fingerprint density at radius 1 is 1.10 bits per heavy atom. The van der Waals surface area contributed by atoms with Gasteiger partial charge < -0.3 is 4.90 Å². The number of pyridine rings is 1. The van der Waals surface area contributed by atoms with E-state index in [0.717, 1.165) is 5.69 Å². The van der Waals surface area contributed by atoms with E-state index in [-0.39, 0.29) is 16.8 Å². The minimum Gasteiger partial charge on any atom is -0.308 e. The summed E-state index contributed by atoms with van der Waals surface area (Å²) in [6.07, 6.45) is 5.85. The Balaban J connectivity index is 1.49. The molecule has 1 amide bonds. The van der Waals surface area contributed by atoms with Gasteiger partial charge in [-0.25, -0.2) is 4.68 Å². The first-order valence-corrected chi connectivity index (χ1v) is 11.7. The number of anilines is 1. The van der Waals surface area contributed by atoms with Crippen molar-refractivity contribution in [2.75, 3.05) is 23.0 Å². The third-order valence-corrected chi connectivity index (χ3v) is 6.08. The molecular weight excluding hydrogens is 455 g/mol. The van der Waals surface area contributed by atoms with Gasteiger partial charge >= 0.3 is 0 Å². The Hall–Kier alpha value is -2.35. The SMILES string of the molecule is CCN(C(=O)CCSCCC(=O)c1ccc(Cl)cc1)c1cn(-c2cccnc2)nc1Cl. The highest BCUT2D eigenvalue weighted by atomic mass is 35.5. The van der Waals surface area contributed by atoms with Gasteiger partial charge in [-0.15, -0.1) is 0 Å². The van der Waals surface area contributed by atoms with Crippen molar-refractivity contribution < 1.29 is 9.59 Å². The third kappa shape index (κ3) is 6.32. The van der Waals surface area contributed by atoms with Crippen molar-refractivity contribution in [3.63, 3.8) is 0 Å². The zero-order valence-electron chi connectivity index (χ0n) is 17.0. The number of hydrogen-bond acceptors (Lipinski definition) is 5. The molecule has 0 unspecified atom stereocenters. The first-order valence-electron chi connectivity index (χ1n) is 9.82. The van der Waals surface area contributed by atoms with Gasteiger partial charge in [0.1, 0.15) is 5.69 Å². The number of aromatic nitrogens is 3. The lowest BCUT2D eigenvalue weighted by molar-refractivity contribution is -0.118. The van der Waals surface area contributed by atoms with Crippen LogP contribution in [0.3, 0.4) is 0 Å². The minimum absolute atomic E-state index is 0.0355. The molecule has 3 aromatic rings. The number of Topliss-reactive ketones (excluding diaryl/α,β-unsaturated/α-hetero) is 1. The van der Waals surface area contributed by atoms with Gasteiger partial charge in [-0.05, 0) is 43.3 Å². The van der Waals surface area contributed by atoms with Crippen LogP contribution in [0.2, 0.25) is 10.2 Å². The fourth-order valence-electron chi connectivity index (χ4n) is 2.97. The van der Waals surface area contributed by atoms with E-state index >= 15 is 0 Å². The summed E-state index contributed by atoms with van der Waals surface area (Å²) >= 11 is 13.7. The van der Waals surface area contributed by atoms with Crippen LogP contribution >= 0.6 is 35.0 Å². The molecule has 0 atom stereocenters. The topological polar surface area (TPSA) is 68.1 Å². The molecule has 1 aromatic carbocycles. The van der Waals surface area contributed by atoms with Gasteiger partial charge in [0.2, 0.25) is 5.91 Å². The largest absolute Gasteiger partial charge is 0.308 e. The maximum absolute atomic E-state index is 12.7. The number of nitrogens with zero attached hydrogens (tertiary/aromatic N) is 4. The molecule has 0 fully saturated rings. The van der Waals surface area contributed by atoms with Crippen molar-refractivity contribution in [2.45, 2.75) is 19.8 Å². The summed E-state index contributed by atoms with van der Waals surface area (Å²) in [4.78, 5) is 30.6. The number of amides is 1. The molecule has 6 nitrogen and oxygen atoms in total. The quantitative estimate of drug-likeness (QED) is 0.292. The molecule has 0 saturated carbocycles. The lowest BCUT2D eigenvalue weighted by Gasteiger charge is -2.19. The summed E-state index contributed by atoms with van der Waals surface area (Å²) in [5, 5.41) is 5.16. The van der Waals surface area contributed by atoms with Gasteiger partial charge in [0.25, 0.3) is 0 Å². The summed E-state index contributed by atoms with van der Waals surface area (Å²) < 4.78 is 1.61. The number of benzene rings is 1. The third-order valence-electron chi connectivity index (χ3n) is 4.57. The summed E-state index contributed by atoms with van der Waals surface area (Å²) in [5.74, 6) is 1.31. The van der Waals surface area contributed by atoms with E-state index in [9.17, 15) is 9.59 Å². The van der Waals surface area contributed by atoms with E-state index < -0.39 is 0 Å². The summed E-state index contributed by atoms with van der Waals surface area (Å²) in [6.45, 7) is 2.38. The second kappa shape index (κ2) is 11.3. The molecule has 0 radical (unpaired) electrons. The van der Waals surface area contributed by atoms with E-state index in [1.165, 1.54) is 0 Å². The molecule has 0 saturated heterocycles. The Bertz CT molecular complexity index is 1030. The van der Waals surface area contributed by atoms with Gasteiger partial charge in [-0.1, -0.05) is 23.2 Å². The fraction of sp³-hybridized carbons (Fsp3) is 0.273. The van der Waals surface area contributed by atoms with Crippen LogP contribution in [0.1, 0.15) is 30.1 Å². The average molecular weight is 477 g/mol. The van der Waals surface area contributed by atoms with Crippen molar-refractivity contribution in [2.24, 2.45) is 0 Å². The highest BCUT2D eigenvalue weighted by molar-refractivity contribution is 7.99. The Morgan fingerprint density at radius 3 is 2.52 bits per heavy atom. The van der Waals surface area contributed by atoms with Crippen LogP contribution in [0, 0.1) is 0 Å². The molecule has 9 heteroatoms. The lowest BCUT2D eigenvalue weighted by Crippen LogP contribution is -2.30. The zero-order valence-corrected chi connectivity index (χ0v) is 19.3. The van der Waals surface area contributed by atoms with Crippen molar-refractivity contribution in [1.82, 2.24) is 14.8 Å². The molecule has 31 heavy (non-hydrogen) atoms. The smallest absolute Gasteiger partial charge is 0.227 e. The second-order valence-electron chi connectivity index (χ2n) is 6.64. The van der Waals surface area contributed by atoms with Gasteiger partial charge in [-0.3, -0.25) is 14.6 Å². The van der Waals surface area contributed by atoms with E-state index in [4.69, 9.17) is 23.2 Å². The van der Waals surface area contributed by atoms with E-state index in [0.29, 0.717) is 47.2 Å². The molecule has 2 heterocycles. The minimum atomic E-state index is -0.0355. The number of thioether (sulfide) groups is 1. The molecule has 2 aromatic heterocycles. The standard InChI is InChI=1S/C22H22Cl2N4O2S/c1-2-27(19-15-28(26-22(19)24)18-4-3-11-25-14-18)21(30)10-13-31-12-9-20(29)16-5-7-17(23)8-6-16/h3-8,11,14-15H,2,9-10,12-13H2,1H3. The highest BCUT2D eigenvalue weighted by Gasteiger charge is 2.20. The number of halogens is 2. The Morgan fingerprint density at radius 2 is 1.84 bits per heavy atom. The first-order chi connectivity index (χ1) is 15.0. The van der Waals surface area contributed by atoms with E-state index in [1.54, 1.807) is 64.2 Å². The van der Waals surface area contributed by atoms with Crippen LogP contribution in [-0.4, -0.2) is 44.5 Å².